The van der Waals surface area contributed by atoms with Crippen molar-refractivity contribution in [2.75, 3.05) is 13.2 Å². The molecule has 1 aromatic rings. The number of carbonyl (C=O) groups is 1. The van der Waals surface area contributed by atoms with Crippen molar-refractivity contribution in [2.45, 2.75) is 24.9 Å². The number of piperidine rings is 1. The number of ether oxygens (including phenoxy) is 1. The number of ketones is 1. The third-order valence-corrected chi connectivity index (χ3v) is 4.06. The van der Waals surface area contributed by atoms with Crippen molar-refractivity contribution in [3.8, 4) is 0 Å². The minimum atomic E-state index is 0.112. The number of hydrogen-bond acceptors (Lipinski definition) is 3. The van der Waals surface area contributed by atoms with E-state index in [2.05, 4.69) is 11.9 Å². The fourth-order valence-corrected chi connectivity index (χ4v) is 3.17. The molecule has 1 N–H and O–H groups in total. The Morgan fingerprint density at radius 3 is 2.63 bits per heavy atom. The summed E-state index contributed by atoms with van der Waals surface area (Å²) in [6.45, 7) is 5.24. The zero-order chi connectivity index (χ0) is 13.2. The molecule has 0 aromatic heterocycles. The minimum Gasteiger partial charge on any atom is -0.378 e. The highest BCUT2D eigenvalue weighted by Gasteiger charge is 2.35. The first-order valence-electron chi connectivity index (χ1n) is 6.87. The number of carbonyl (C=O) groups excluding carboxylic acids is 1. The van der Waals surface area contributed by atoms with Crippen LogP contribution < -0.4 is 5.32 Å². The first kappa shape index (κ1) is 12.6. The van der Waals surface area contributed by atoms with Gasteiger partial charge in [0, 0.05) is 23.6 Å². The molecule has 0 radical (unpaired) electrons. The molecule has 0 aliphatic carbocycles. The predicted octanol–water partition coefficient (Wildman–Crippen LogP) is 2.28. The van der Waals surface area contributed by atoms with Gasteiger partial charge in [-0.2, -0.15) is 0 Å². The molecule has 100 valence electrons. The summed E-state index contributed by atoms with van der Waals surface area (Å²) in [7, 11) is 0. The number of rotatable bonds is 3. The number of nitrogens with one attached hydrogen (secondary N) is 1. The number of fused-ring (bicyclic) bond motifs is 2. The molecule has 2 aliphatic rings. The van der Waals surface area contributed by atoms with E-state index in [0.29, 0.717) is 12.1 Å². The monoisotopic (exact) mass is 257 g/mol. The van der Waals surface area contributed by atoms with Crippen molar-refractivity contribution in [1.29, 1.82) is 0 Å². The van der Waals surface area contributed by atoms with Crippen LogP contribution in [0.1, 0.15) is 28.8 Å². The van der Waals surface area contributed by atoms with Crippen molar-refractivity contribution in [3.63, 3.8) is 0 Å². The van der Waals surface area contributed by atoms with Crippen LogP contribution in [0.5, 0.6) is 0 Å². The van der Waals surface area contributed by atoms with Gasteiger partial charge in [-0.05, 0) is 18.4 Å². The van der Waals surface area contributed by atoms with E-state index >= 15 is 0 Å². The summed E-state index contributed by atoms with van der Waals surface area (Å²) in [5.74, 6) is 0.371. The third-order valence-electron chi connectivity index (χ3n) is 4.06. The van der Waals surface area contributed by atoms with Gasteiger partial charge in [0.2, 0.25) is 0 Å². The van der Waals surface area contributed by atoms with Gasteiger partial charge in [-0.1, -0.05) is 36.9 Å². The van der Waals surface area contributed by atoms with Crippen molar-refractivity contribution >= 4 is 11.9 Å². The molecule has 3 nitrogen and oxygen atoms in total. The zero-order valence-corrected chi connectivity index (χ0v) is 11.0. The lowest BCUT2D eigenvalue weighted by atomic mass is 9.81. The van der Waals surface area contributed by atoms with E-state index < -0.39 is 0 Å². The molecule has 3 rings (SSSR count). The number of benzene rings is 1. The van der Waals surface area contributed by atoms with E-state index in [1.165, 1.54) is 0 Å². The van der Waals surface area contributed by atoms with Gasteiger partial charge in [-0.3, -0.25) is 4.79 Å². The zero-order valence-electron chi connectivity index (χ0n) is 11.0. The molecular weight excluding hydrogens is 238 g/mol. The van der Waals surface area contributed by atoms with Crippen molar-refractivity contribution in [3.05, 3.63) is 42.0 Å². The van der Waals surface area contributed by atoms with E-state index in [1.807, 2.05) is 24.3 Å². The molecule has 1 aromatic carbocycles. The van der Waals surface area contributed by atoms with Gasteiger partial charge < -0.3 is 10.1 Å². The normalized spacial score (nSPS) is 29.8. The van der Waals surface area contributed by atoms with E-state index in [0.717, 1.165) is 37.2 Å². The average Bonchev–Trinajstić information content (AvgIpc) is 2.46. The second-order valence-electron chi connectivity index (χ2n) is 5.42. The van der Waals surface area contributed by atoms with Crippen molar-refractivity contribution < 1.29 is 9.53 Å². The Balaban J connectivity index is 1.82. The van der Waals surface area contributed by atoms with Crippen LogP contribution in [-0.4, -0.2) is 31.1 Å². The minimum absolute atomic E-state index is 0.112. The standard InChI is InChI=1S/C16H19NO2/c1-2-11-5-3-4-6-15(11)16(18)12-7-13-9-19-10-14(8-12)17-13/h2-6,12-14,17H,1,7-10H2. The highest BCUT2D eigenvalue weighted by atomic mass is 16.5. The smallest absolute Gasteiger partial charge is 0.166 e. The Hall–Kier alpha value is -1.45. The molecule has 0 spiro atoms. The summed E-state index contributed by atoms with van der Waals surface area (Å²) >= 11 is 0. The highest BCUT2D eigenvalue weighted by molar-refractivity contribution is 6.01. The van der Waals surface area contributed by atoms with Crippen LogP contribution >= 0.6 is 0 Å². The van der Waals surface area contributed by atoms with Crippen LogP contribution in [0.25, 0.3) is 6.08 Å². The largest absolute Gasteiger partial charge is 0.378 e. The summed E-state index contributed by atoms with van der Waals surface area (Å²) in [5, 5.41) is 3.52. The SMILES string of the molecule is C=Cc1ccccc1C(=O)C1CC2COCC(C1)N2. The van der Waals surface area contributed by atoms with Crippen LogP contribution in [0.15, 0.2) is 30.8 Å². The summed E-state index contributed by atoms with van der Waals surface area (Å²) < 4.78 is 5.53. The lowest BCUT2D eigenvalue weighted by Crippen LogP contribution is -2.55. The van der Waals surface area contributed by atoms with Crippen molar-refractivity contribution in [1.82, 2.24) is 5.32 Å². The van der Waals surface area contributed by atoms with E-state index in [1.54, 1.807) is 6.08 Å². The molecular formula is C16H19NO2. The van der Waals surface area contributed by atoms with Gasteiger partial charge in [0.25, 0.3) is 0 Å². The second kappa shape index (κ2) is 5.27. The molecule has 2 fully saturated rings. The Bertz CT molecular complexity index is 485. The maximum atomic E-state index is 12.7. The second-order valence-corrected chi connectivity index (χ2v) is 5.42. The van der Waals surface area contributed by atoms with Gasteiger partial charge in [-0.25, -0.2) is 0 Å². The lowest BCUT2D eigenvalue weighted by molar-refractivity contribution is 0.00952. The Morgan fingerprint density at radius 1 is 1.26 bits per heavy atom. The molecule has 2 aliphatic heterocycles. The maximum absolute atomic E-state index is 12.7. The van der Waals surface area contributed by atoms with Crippen LogP contribution in [0.3, 0.4) is 0 Å². The first-order valence-corrected chi connectivity index (χ1v) is 6.87. The molecule has 2 bridgehead atoms. The van der Waals surface area contributed by atoms with Gasteiger partial charge in [-0.15, -0.1) is 0 Å². The number of hydrogen-bond donors (Lipinski definition) is 1. The number of morpholine rings is 1. The number of Topliss-reactive ketones (excluding diaryl/α,β-unsaturated/α-hetero) is 1. The Kier molecular flexibility index (Phi) is 3.49. The molecule has 19 heavy (non-hydrogen) atoms. The summed E-state index contributed by atoms with van der Waals surface area (Å²) in [6, 6.07) is 8.39. The van der Waals surface area contributed by atoms with E-state index in [9.17, 15) is 4.79 Å². The van der Waals surface area contributed by atoms with Gasteiger partial charge in [0.1, 0.15) is 0 Å². The maximum Gasteiger partial charge on any atom is 0.166 e. The van der Waals surface area contributed by atoms with Crippen LogP contribution in [-0.2, 0) is 4.74 Å². The predicted molar refractivity (Wildman–Crippen MR) is 75.1 cm³/mol. The molecule has 3 heteroatoms. The summed E-state index contributed by atoms with van der Waals surface area (Å²) in [5.41, 5.74) is 1.75. The van der Waals surface area contributed by atoms with Crippen LogP contribution in [0.4, 0.5) is 0 Å². The van der Waals surface area contributed by atoms with E-state index in [-0.39, 0.29) is 11.7 Å². The average molecular weight is 257 g/mol. The van der Waals surface area contributed by atoms with Crippen molar-refractivity contribution in [2.24, 2.45) is 5.92 Å². The van der Waals surface area contributed by atoms with E-state index in [4.69, 9.17) is 4.74 Å². The molecule has 2 atom stereocenters. The summed E-state index contributed by atoms with van der Waals surface area (Å²) in [4.78, 5) is 12.7. The molecule has 2 unspecified atom stereocenters. The fraction of sp³-hybridized carbons (Fsp3) is 0.438. The molecule has 0 saturated carbocycles. The van der Waals surface area contributed by atoms with Gasteiger partial charge in [0.15, 0.2) is 5.78 Å². The third kappa shape index (κ3) is 2.48. The molecule has 0 amide bonds. The van der Waals surface area contributed by atoms with Gasteiger partial charge in [0.05, 0.1) is 13.2 Å². The Morgan fingerprint density at radius 2 is 1.95 bits per heavy atom. The summed E-state index contributed by atoms with van der Waals surface area (Å²) in [6.07, 6.45) is 3.51. The molecule has 2 saturated heterocycles. The van der Waals surface area contributed by atoms with Crippen LogP contribution in [0.2, 0.25) is 0 Å². The lowest BCUT2D eigenvalue weighted by Gasteiger charge is -2.39. The van der Waals surface area contributed by atoms with Crippen LogP contribution in [0, 0.1) is 5.92 Å². The fourth-order valence-electron chi connectivity index (χ4n) is 3.17. The highest BCUT2D eigenvalue weighted by Crippen LogP contribution is 2.28. The quantitative estimate of drug-likeness (QED) is 0.844. The van der Waals surface area contributed by atoms with Gasteiger partial charge >= 0.3 is 0 Å². The molecule has 2 heterocycles. The Labute approximate surface area is 113 Å². The first-order chi connectivity index (χ1) is 9.28. The topological polar surface area (TPSA) is 38.3 Å².